The normalized spacial score (nSPS) is 11.1. The molecule has 0 radical (unpaired) electrons. The number of carbonyl (C=O) groups is 1. The SMILES string of the molecule is Cc1c(/C=C/C(=O)c2ccc(O)cc2O)cnn1C. The van der Waals surface area contributed by atoms with E-state index in [1.807, 2.05) is 14.0 Å². The molecule has 2 aromatic rings. The van der Waals surface area contributed by atoms with Crippen molar-refractivity contribution in [3.63, 3.8) is 0 Å². The number of aryl methyl sites for hydroxylation is 1. The topological polar surface area (TPSA) is 75.3 Å². The number of hydrogen-bond acceptors (Lipinski definition) is 4. The van der Waals surface area contributed by atoms with Gasteiger partial charge in [0.25, 0.3) is 0 Å². The molecule has 0 amide bonds. The van der Waals surface area contributed by atoms with Crippen LogP contribution in [0.2, 0.25) is 0 Å². The molecule has 1 aromatic heterocycles. The predicted molar refractivity (Wildman–Crippen MR) is 71.1 cm³/mol. The maximum absolute atomic E-state index is 11.9. The number of aromatic nitrogens is 2. The van der Waals surface area contributed by atoms with Gasteiger partial charge in [-0.05, 0) is 31.2 Å². The van der Waals surface area contributed by atoms with Crippen LogP contribution in [0, 0.1) is 6.92 Å². The molecule has 0 saturated carbocycles. The largest absolute Gasteiger partial charge is 0.508 e. The standard InChI is InChI=1S/C14H14N2O3/c1-9-10(8-15-16(9)2)3-6-13(18)12-5-4-11(17)7-14(12)19/h3-8,17,19H,1-2H3/b6-3+. The summed E-state index contributed by atoms with van der Waals surface area (Å²) in [6, 6.07) is 3.87. The Morgan fingerprint density at radius 1 is 1.37 bits per heavy atom. The molecule has 0 fully saturated rings. The first-order chi connectivity index (χ1) is 8.99. The van der Waals surface area contributed by atoms with Crippen LogP contribution in [-0.4, -0.2) is 25.8 Å². The van der Waals surface area contributed by atoms with Gasteiger partial charge in [-0.3, -0.25) is 9.48 Å². The molecule has 0 unspecified atom stereocenters. The van der Waals surface area contributed by atoms with Gasteiger partial charge in [0.1, 0.15) is 11.5 Å². The quantitative estimate of drug-likeness (QED) is 0.652. The molecule has 1 heterocycles. The van der Waals surface area contributed by atoms with E-state index >= 15 is 0 Å². The highest BCUT2D eigenvalue weighted by molar-refractivity contribution is 6.08. The number of aromatic hydroxyl groups is 2. The van der Waals surface area contributed by atoms with Crippen molar-refractivity contribution < 1.29 is 15.0 Å². The van der Waals surface area contributed by atoms with E-state index in [-0.39, 0.29) is 22.8 Å². The van der Waals surface area contributed by atoms with Crippen LogP contribution in [-0.2, 0) is 7.05 Å². The number of hydrogen-bond donors (Lipinski definition) is 2. The van der Waals surface area contributed by atoms with E-state index in [9.17, 15) is 9.90 Å². The molecule has 0 saturated heterocycles. The summed E-state index contributed by atoms with van der Waals surface area (Å²) in [4.78, 5) is 11.9. The van der Waals surface area contributed by atoms with Crippen molar-refractivity contribution in [2.24, 2.45) is 7.05 Å². The molecule has 2 N–H and O–H groups in total. The van der Waals surface area contributed by atoms with Gasteiger partial charge in [0.05, 0.1) is 11.8 Å². The van der Waals surface area contributed by atoms with E-state index < -0.39 is 0 Å². The van der Waals surface area contributed by atoms with Gasteiger partial charge in [-0.15, -0.1) is 0 Å². The summed E-state index contributed by atoms with van der Waals surface area (Å²) in [6.07, 6.45) is 4.68. The molecular weight excluding hydrogens is 244 g/mol. The van der Waals surface area contributed by atoms with Crippen LogP contribution in [0.3, 0.4) is 0 Å². The highest BCUT2D eigenvalue weighted by atomic mass is 16.3. The third-order valence-electron chi connectivity index (χ3n) is 2.93. The zero-order valence-electron chi connectivity index (χ0n) is 10.7. The summed E-state index contributed by atoms with van der Waals surface area (Å²) in [5.74, 6) is -0.653. The first kappa shape index (κ1) is 12.9. The molecule has 19 heavy (non-hydrogen) atoms. The lowest BCUT2D eigenvalue weighted by Crippen LogP contribution is -1.95. The molecule has 0 bridgehead atoms. The maximum atomic E-state index is 11.9. The third kappa shape index (κ3) is 2.65. The fourth-order valence-corrected chi connectivity index (χ4v) is 1.66. The minimum atomic E-state index is -0.333. The van der Waals surface area contributed by atoms with Gasteiger partial charge >= 0.3 is 0 Å². The van der Waals surface area contributed by atoms with Crippen molar-refractivity contribution in [2.75, 3.05) is 0 Å². The molecule has 1 aromatic carbocycles. The molecule has 2 rings (SSSR count). The smallest absolute Gasteiger partial charge is 0.189 e. The highest BCUT2D eigenvalue weighted by Crippen LogP contribution is 2.23. The number of rotatable bonds is 3. The second kappa shape index (κ2) is 4.97. The van der Waals surface area contributed by atoms with Crippen molar-refractivity contribution in [1.29, 1.82) is 0 Å². The van der Waals surface area contributed by atoms with Crippen LogP contribution >= 0.6 is 0 Å². The predicted octanol–water partition coefficient (Wildman–Crippen LogP) is 2.04. The molecule has 0 aliphatic heterocycles. The maximum Gasteiger partial charge on any atom is 0.189 e. The Hall–Kier alpha value is -2.56. The van der Waals surface area contributed by atoms with Gasteiger partial charge in [-0.1, -0.05) is 0 Å². The Labute approximate surface area is 110 Å². The first-order valence-corrected chi connectivity index (χ1v) is 5.72. The van der Waals surface area contributed by atoms with Gasteiger partial charge in [0.15, 0.2) is 5.78 Å². The molecule has 0 spiro atoms. The minimum Gasteiger partial charge on any atom is -0.508 e. The Morgan fingerprint density at radius 2 is 2.11 bits per heavy atom. The van der Waals surface area contributed by atoms with E-state index in [2.05, 4.69) is 5.10 Å². The summed E-state index contributed by atoms with van der Waals surface area (Å²) < 4.78 is 1.71. The lowest BCUT2D eigenvalue weighted by molar-refractivity contribution is 0.104. The van der Waals surface area contributed by atoms with Crippen molar-refractivity contribution >= 4 is 11.9 Å². The van der Waals surface area contributed by atoms with Crippen molar-refractivity contribution in [3.05, 3.63) is 47.3 Å². The zero-order valence-corrected chi connectivity index (χ0v) is 10.7. The van der Waals surface area contributed by atoms with E-state index in [4.69, 9.17) is 5.11 Å². The molecule has 98 valence electrons. The van der Waals surface area contributed by atoms with Crippen LogP contribution in [0.4, 0.5) is 0 Å². The minimum absolute atomic E-state index is 0.0823. The number of ketones is 1. The molecule has 5 nitrogen and oxygen atoms in total. The Balaban J connectivity index is 2.24. The molecule has 0 atom stereocenters. The van der Waals surface area contributed by atoms with E-state index in [0.29, 0.717) is 0 Å². The van der Waals surface area contributed by atoms with Crippen molar-refractivity contribution in [3.8, 4) is 11.5 Å². The summed E-state index contributed by atoms with van der Waals surface area (Å²) in [5, 5.41) is 22.8. The van der Waals surface area contributed by atoms with Crippen molar-refractivity contribution in [2.45, 2.75) is 6.92 Å². The number of phenolic OH excluding ortho intramolecular Hbond substituents is 2. The monoisotopic (exact) mass is 258 g/mol. The summed E-state index contributed by atoms with van der Waals surface area (Å²) in [6.45, 7) is 1.90. The molecule has 0 aliphatic rings. The van der Waals surface area contributed by atoms with Gasteiger partial charge in [-0.2, -0.15) is 5.10 Å². The number of allylic oxidation sites excluding steroid dienone is 1. The number of benzene rings is 1. The Kier molecular flexibility index (Phi) is 3.37. The van der Waals surface area contributed by atoms with Gasteiger partial charge in [0, 0.05) is 24.4 Å². The van der Waals surface area contributed by atoms with Crippen LogP contribution in [0.15, 0.2) is 30.5 Å². The first-order valence-electron chi connectivity index (χ1n) is 5.72. The highest BCUT2D eigenvalue weighted by Gasteiger charge is 2.09. The summed E-state index contributed by atoms with van der Waals surface area (Å²) >= 11 is 0. The van der Waals surface area contributed by atoms with Crippen LogP contribution in [0.1, 0.15) is 21.6 Å². The molecule has 5 heteroatoms. The summed E-state index contributed by atoms with van der Waals surface area (Å²) in [5.41, 5.74) is 1.93. The summed E-state index contributed by atoms with van der Waals surface area (Å²) in [7, 11) is 1.82. The van der Waals surface area contributed by atoms with Gasteiger partial charge in [0.2, 0.25) is 0 Å². The zero-order chi connectivity index (χ0) is 14.0. The van der Waals surface area contributed by atoms with E-state index in [0.717, 1.165) is 17.3 Å². The third-order valence-corrected chi connectivity index (χ3v) is 2.93. The fourth-order valence-electron chi connectivity index (χ4n) is 1.66. The lowest BCUT2D eigenvalue weighted by Gasteiger charge is -2.00. The number of phenols is 2. The average Bonchev–Trinajstić information content (AvgIpc) is 2.67. The van der Waals surface area contributed by atoms with Crippen molar-refractivity contribution in [1.82, 2.24) is 9.78 Å². The lowest BCUT2D eigenvalue weighted by atomic mass is 10.1. The van der Waals surface area contributed by atoms with E-state index in [1.54, 1.807) is 17.0 Å². The fraction of sp³-hybridized carbons (Fsp3) is 0.143. The van der Waals surface area contributed by atoms with Crippen LogP contribution in [0.5, 0.6) is 11.5 Å². The van der Waals surface area contributed by atoms with Gasteiger partial charge < -0.3 is 10.2 Å². The average molecular weight is 258 g/mol. The Bertz CT molecular complexity index is 657. The number of carbonyl (C=O) groups excluding carboxylic acids is 1. The van der Waals surface area contributed by atoms with Crippen LogP contribution < -0.4 is 0 Å². The van der Waals surface area contributed by atoms with Crippen LogP contribution in [0.25, 0.3) is 6.08 Å². The van der Waals surface area contributed by atoms with E-state index in [1.165, 1.54) is 18.2 Å². The second-order valence-corrected chi connectivity index (χ2v) is 4.21. The number of nitrogens with zero attached hydrogens (tertiary/aromatic N) is 2. The second-order valence-electron chi connectivity index (χ2n) is 4.21. The van der Waals surface area contributed by atoms with Gasteiger partial charge in [-0.25, -0.2) is 0 Å². The molecular formula is C14H14N2O3. The Morgan fingerprint density at radius 3 is 2.68 bits per heavy atom. The molecule has 0 aliphatic carbocycles.